The number of nitrogens with zero attached hydrogens (tertiary/aromatic N) is 7. The monoisotopic (exact) mass is 1160 g/mol. The SMILES string of the molecule is CCCCOc1ccc(-c2nn(C)c3cc(Br)ccc23)c(F)c1.CN(C)CCCOc1ccc(-c2nn(C)c3cc(Br)ccc23)c(F)c1.Cn1nc(-c2ccc(OCCCO)cc2F)c2ccc(Br)cc21. The maximum absolute atomic E-state index is 14.6. The molecule has 3 aromatic heterocycles. The summed E-state index contributed by atoms with van der Waals surface area (Å²) in [6.45, 7) is 4.62. The van der Waals surface area contributed by atoms with Crippen LogP contribution in [-0.4, -0.2) is 86.4 Å². The number of aryl methyl sites for hydroxylation is 3. The second-order valence-corrected chi connectivity index (χ2v) is 19.7. The van der Waals surface area contributed by atoms with Crippen LogP contribution in [0.15, 0.2) is 123 Å². The van der Waals surface area contributed by atoms with E-state index in [-0.39, 0.29) is 24.1 Å². The fourth-order valence-corrected chi connectivity index (χ4v) is 8.83. The summed E-state index contributed by atoms with van der Waals surface area (Å²) in [5.41, 5.74) is 6.13. The fourth-order valence-electron chi connectivity index (χ4n) is 7.78. The fraction of sp³-hybridized carbons (Fsp3) is 0.278. The number of hydrogen-bond acceptors (Lipinski definition) is 8. The van der Waals surface area contributed by atoms with E-state index in [0.717, 1.165) is 71.9 Å². The average Bonchev–Trinajstić information content (AvgIpc) is 3.96. The molecular formula is C54H55Br3F3N7O4. The molecule has 0 aliphatic carbocycles. The van der Waals surface area contributed by atoms with E-state index >= 15 is 0 Å². The molecule has 0 saturated heterocycles. The number of aliphatic hydroxyl groups is 1. The third kappa shape index (κ3) is 13.2. The molecule has 17 heteroatoms. The largest absolute Gasteiger partial charge is 0.493 e. The van der Waals surface area contributed by atoms with E-state index in [4.69, 9.17) is 19.3 Å². The van der Waals surface area contributed by atoms with Gasteiger partial charge in [0.2, 0.25) is 0 Å². The van der Waals surface area contributed by atoms with Crippen molar-refractivity contribution in [2.24, 2.45) is 21.1 Å². The van der Waals surface area contributed by atoms with Crippen LogP contribution in [0.5, 0.6) is 17.2 Å². The van der Waals surface area contributed by atoms with E-state index in [0.29, 0.717) is 77.3 Å². The number of aliphatic hydroxyl groups excluding tert-OH is 1. The van der Waals surface area contributed by atoms with Crippen LogP contribution in [0.1, 0.15) is 32.6 Å². The summed E-state index contributed by atoms with van der Waals surface area (Å²) in [6, 6.07) is 32.2. The lowest BCUT2D eigenvalue weighted by molar-refractivity contribution is 0.233. The number of unbranched alkanes of at least 4 members (excludes halogenated alkanes) is 1. The van der Waals surface area contributed by atoms with Crippen LogP contribution in [-0.2, 0) is 21.1 Å². The number of hydrogen-bond donors (Lipinski definition) is 1. The molecule has 0 saturated carbocycles. The third-order valence-corrected chi connectivity index (χ3v) is 12.9. The Morgan fingerprint density at radius 3 is 1.14 bits per heavy atom. The first kappa shape index (κ1) is 53.1. The van der Waals surface area contributed by atoms with Crippen molar-refractivity contribution < 1.29 is 32.5 Å². The van der Waals surface area contributed by atoms with Gasteiger partial charge in [0.1, 0.15) is 51.8 Å². The van der Waals surface area contributed by atoms with Gasteiger partial charge in [0.15, 0.2) is 0 Å². The van der Waals surface area contributed by atoms with Crippen LogP contribution < -0.4 is 14.2 Å². The Morgan fingerprint density at radius 2 is 0.831 bits per heavy atom. The normalized spacial score (nSPS) is 11.2. The van der Waals surface area contributed by atoms with Gasteiger partial charge in [-0.15, -0.1) is 0 Å². The summed E-state index contributed by atoms with van der Waals surface area (Å²) in [5, 5.41) is 24.9. The van der Waals surface area contributed by atoms with Gasteiger partial charge in [-0.1, -0.05) is 61.1 Å². The highest BCUT2D eigenvalue weighted by atomic mass is 79.9. The molecule has 0 aliphatic rings. The molecule has 0 spiro atoms. The Hall–Kier alpha value is -5.72. The van der Waals surface area contributed by atoms with Gasteiger partial charge < -0.3 is 24.2 Å². The second kappa shape index (κ2) is 24.6. The van der Waals surface area contributed by atoms with Crippen molar-refractivity contribution in [3.63, 3.8) is 0 Å². The van der Waals surface area contributed by atoms with E-state index in [2.05, 4.69) is 74.9 Å². The third-order valence-electron chi connectivity index (χ3n) is 11.4. The van der Waals surface area contributed by atoms with Gasteiger partial charge in [-0.2, -0.15) is 15.3 Å². The highest BCUT2D eigenvalue weighted by Crippen LogP contribution is 2.36. The molecule has 0 atom stereocenters. The smallest absolute Gasteiger partial charge is 0.136 e. The van der Waals surface area contributed by atoms with Crippen LogP contribution in [0.25, 0.3) is 66.5 Å². The van der Waals surface area contributed by atoms with Crippen molar-refractivity contribution in [3.05, 3.63) is 140 Å². The van der Waals surface area contributed by atoms with E-state index in [1.807, 2.05) is 89.8 Å². The Kier molecular flexibility index (Phi) is 18.4. The Bertz CT molecular complexity index is 3130. The molecule has 0 bridgehead atoms. The van der Waals surface area contributed by atoms with Crippen molar-refractivity contribution in [2.75, 3.05) is 47.1 Å². The number of benzene rings is 6. The lowest BCUT2D eigenvalue weighted by atomic mass is 10.1. The molecule has 0 radical (unpaired) electrons. The molecule has 0 fully saturated rings. The minimum atomic E-state index is -0.380. The first-order chi connectivity index (χ1) is 34.1. The number of fused-ring (bicyclic) bond motifs is 3. The summed E-state index contributed by atoms with van der Waals surface area (Å²) >= 11 is 10.4. The maximum Gasteiger partial charge on any atom is 0.136 e. The standard InChI is InChI=1S/C19H21BrFN3O.C18H18BrFN2O.C17H16BrFN2O2/c1-23(2)9-4-10-25-14-6-8-15(17(21)12-14)19-16-7-5-13(20)11-18(16)24(3)22-19;1-3-4-9-23-13-6-8-14(16(20)11-13)18-15-7-5-12(19)10-17(15)22(2)21-18;1-21-16-9-11(18)3-5-14(16)17(20-21)13-6-4-12(10-15(13)19)23-8-2-7-22/h5-8,11-12H,4,9-10H2,1-3H3;5-8,10-11H,3-4,9H2,1-2H3;3-6,9-10,22H,2,7-8H2,1H3. The zero-order chi connectivity index (χ0) is 50.8. The van der Waals surface area contributed by atoms with Gasteiger partial charge in [-0.3, -0.25) is 14.0 Å². The predicted octanol–water partition coefficient (Wildman–Crippen LogP) is 13.7. The molecule has 0 unspecified atom stereocenters. The highest BCUT2D eigenvalue weighted by molar-refractivity contribution is 9.11. The average molecular weight is 1160 g/mol. The van der Waals surface area contributed by atoms with Crippen molar-refractivity contribution in [1.82, 2.24) is 34.2 Å². The molecule has 1 N–H and O–H groups in total. The van der Waals surface area contributed by atoms with Crippen LogP contribution >= 0.6 is 47.8 Å². The van der Waals surface area contributed by atoms with Gasteiger partial charge in [0, 0.05) is 105 Å². The predicted molar refractivity (Wildman–Crippen MR) is 288 cm³/mol. The van der Waals surface area contributed by atoms with Gasteiger partial charge in [-0.25, -0.2) is 13.2 Å². The summed E-state index contributed by atoms with van der Waals surface area (Å²) < 4.78 is 68.4. The van der Waals surface area contributed by atoms with E-state index in [1.54, 1.807) is 50.4 Å². The summed E-state index contributed by atoms with van der Waals surface area (Å²) in [4.78, 5) is 2.09. The van der Waals surface area contributed by atoms with Crippen molar-refractivity contribution in [1.29, 1.82) is 0 Å². The van der Waals surface area contributed by atoms with Crippen LogP contribution in [0, 0.1) is 17.5 Å². The van der Waals surface area contributed by atoms with Gasteiger partial charge in [0.05, 0.1) is 36.4 Å². The van der Waals surface area contributed by atoms with Gasteiger partial charge in [-0.05, 0) is 118 Å². The second-order valence-electron chi connectivity index (χ2n) is 17.0. The van der Waals surface area contributed by atoms with E-state index < -0.39 is 0 Å². The molecular weight excluding hydrogens is 1110 g/mol. The van der Waals surface area contributed by atoms with Crippen LogP contribution in [0.4, 0.5) is 13.2 Å². The number of aromatic nitrogens is 6. The molecule has 6 aromatic carbocycles. The van der Waals surface area contributed by atoms with Crippen LogP contribution in [0.2, 0.25) is 0 Å². The molecule has 11 nitrogen and oxygen atoms in total. The van der Waals surface area contributed by atoms with Crippen LogP contribution in [0.3, 0.4) is 0 Å². The summed E-state index contributed by atoms with van der Waals surface area (Å²) in [5.74, 6) is 0.526. The Labute approximate surface area is 436 Å². The number of halogens is 6. The van der Waals surface area contributed by atoms with E-state index in [9.17, 15) is 13.2 Å². The summed E-state index contributed by atoms with van der Waals surface area (Å²) in [7, 11) is 9.59. The minimum absolute atomic E-state index is 0.0516. The summed E-state index contributed by atoms with van der Waals surface area (Å²) in [6.07, 6.45) is 3.43. The van der Waals surface area contributed by atoms with Crippen molar-refractivity contribution >= 4 is 80.5 Å². The topological polar surface area (TPSA) is 105 Å². The van der Waals surface area contributed by atoms with Crippen molar-refractivity contribution in [2.45, 2.75) is 32.6 Å². The number of ether oxygens (including phenoxy) is 3. The zero-order valence-corrected chi connectivity index (χ0v) is 45.1. The molecule has 9 rings (SSSR count). The molecule has 9 aromatic rings. The zero-order valence-electron chi connectivity index (χ0n) is 40.3. The van der Waals surface area contributed by atoms with Crippen molar-refractivity contribution in [3.8, 4) is 51.0 Å². The van der Waals surface area contributed by atoms with Gasteiger partial charge >= 0.3 is 0 Å². The highest BCUT2D eigenvalue weighted by Gasteiger charge is 2.18. The lowest BCUT2D eigenvalue weighted by Gasteiger charge is -2.11. The quantitative estimate of drug-likeness (QED) is 0.0954. The molecule has 3 heterocycles. The first-order valence-corrected chi connectivity index (χ1v) is 25.4. The minimum Gasteiger partial charge on any atom is -0.493 e. The first-order valence-electron chi connectivity index (χ1n) is 23.1. The molecule has 0 aliphatic heterocycles. The van der Waals surface area contributed by atoms with Gasteiger partial charge in [0.25, 0.3) is 0 Å². The lowest BCUT2D eigenvalue weighted by Crippen LogP contribution is -2.15. The number of rotatable bonds is 16. The Balaban J connectivity index is 0.000000157. The molecule has 71 heavy (non-hydrogen) atoms. The Morgan fingerprint density at radius 1 is 0.493 bits per heavy atom. The maximum atomic E-state index is 14.6. The van der Waals surface area contributed by atoms with E-state index in [1.165, 1.54) is 18.2 Å². The molecule has 372 valence electrons. The molecule has 0 amide bonds.